The number of hydroxylamine groups is 2. The normalized spacial score (nSPS) is 18.3. The standard InChI is InChI=1S/C20H16FNO5/c21-14-5-3-4-13(12-14)20(8-10-26-11-9-20)19(25)27-22-17(23)15-6-1-2-7-16(15)18(22)24/h1-7,12H,8-11H2. The van der Waals surface area contributed by atoms with Gasteiger partial charge < -0.3 is 9.57 Å². The predicted octanol–water partition coefficient (Wildman–Crippen LogP) is 2.63. The van der Waals surface area contributed by atoms with Crippen LogP contribution < -0.4 is 0 Å². The summed E-state index contributed by atoms with van der Waals surface area (Å²) in [6, 6.07) is 12.0. The van der Waals surface area contributed by atoms with Crippen molar-refractivity contribution in [2.24, 2.45) is 0 Å². The molecule has 4 rings (SSSR count). The maximum Gasteiger partial charge on any atom is 0.343 e. The van der Waals surface area contributed by atoms with E-state index in [4.69, 9.17) is 9.57 Å². The molecule has 0 atom stereocenters. The lowest BCUT2D eigenvalue weighted by molar-refractivity contribution is -0.179. The van der Waals surface area contributed by atoms with Crippen molar-refractivity contribution in [2.45, 2.75) is 18.3 Å². The topological polar surface area (TPSA) is 72.9 Å². The fraction of sp³-hybridized carbons (Fsp3) is 0.250. The minimum atomic E-state index is -1.18. The maximum atomic E-state index is 13.8. The smallest absolute Gasteiger partial charge is 0.343 e. The number of imide groups is 1. The number of hydrogen-bond donors (Lipinski definition) is 0. The first-order chi connectivity index (χ1) is 13.0. The first-order valence-corrected chi connectivity index (χ1v) is 8.57. The summed E-state index contributed by atoms with van der Waals surface area (Å²) in [6.07, 6.45) is 0.525. The van der Waals surface area contributed by atoms with Crippen LogP contribution in [-0.2, 0) is 19.8 Å². The van der Waals surface area contributed by atoms with E-state index in [0.717, 1.165) is 0 Å². The van der Waals surface area contributed by atoms with E-state index >= 15 is 0 Å². The molecule has 0 spiro atoms. The largest absolute Gasteiger partial charge is 0.381 e. The first kappa shape index (κ1) is 17.4. The molecule has 0 N–H and O–H groups in total. The molecule has 0 aliphatic carbocycles. The van der Waals surface area contributed by atoms with E-state index in [1.165, 1.54) is 30.3 Å². The highest BCUT2D eigenvalue weighted by Crippen LogP contribution is 2.37. The van der Waals surface area contributed by atoms with Gasteiger partial charge in [0, 0.05) is 13.2 Å². The van der Waals surface area contributed by atoms with Crippen molar-refractivity contribution in [3.63, 3.8) is 0 Å². The lowest BCUT2D eigenvalue weighted by Gasteiger charge is -2.35. The molecule has 7 heteroatoms. The van der Waals surface area contributed by atoms with Crippen molar-refractivity contribution in [2.75, 3.05) is 13.2 Å². The van der Waals surface area contributed by atoms with Gasteiger partial charge >= 0.3 is 5.97 Å². The summed E-state index contributed by atoms with van der Waals surface area (Å²) in [7, 11) is 0. The number of nitrogens with zero attached hydrogens (tertiary/aromatic N) is 1. The molecule has 0 radical (unpaired) electrons. The Kier molecular flexibility index (Phi) is 4.24. The van der Waals surface area contributed by atoms with Gasteiger partial charge in [-0.3, -0.25) is 9.59 Å². The van der Waals surface area contributed by atoms with E-state index in [1.807, 2.05) is 0 Å². The zero-order valence-corrected chi connectivity index (χ0v) is 14.3. The maximum absolute atomic E-state index is 13.8. The molecule has 138 valence electrons. The van der Waals surface area contributed by atoms with Crippen LogP contribution in [0.3, 0.4) is 0 Å². The molecular formula is C20H16FNO5. The molecule has 1 saturated heterocycles. The van der Waals surface area contributed by atoms with Crippen molar-refractivity contribution in [1.82, 2.24) is 5.06 Å². The lowest BCUT2D eigenvalue weighted by Crippen LogP contribution is -2.46. The van der Waals surface area contributed by atoms with Gasteiger partial charge in [0.2, 0.25) is 0 Å². The molecule has 2 aliphatic heterocycles. The summed E-state index contributed by atoms with van der Waals surface area (Å²) in [5, 5.41) is 0.490. The SMILES string of the molecule is O=C1c2ccccc2C(=O)N1OC(=O)C1(c2cccc(F)c2)CCOCC1. The van der Waals surface area contributed by atoms with Gasteiger partial charge in [-0.05, 0) is 42.7 Å². The second kappa shape index (κ2) is 6.59. The Morgan fingerprint density at radius 2 is 1.63 bits per heavy atom. The summed E-state index contributed by atoms with van der Waals surface area (Å²) < 4.78 is 19.1. The Labute approximate surface area is 154 Å². The number of amides is 2. The van der Waals surface area contributed by atoms with Gasteiger partial charge in [0.05, 0.1) is 16.5 Å². The average molecular weight is 369 g/mol. The molecule has 0 bridgehead atoms. The zero-order chi connectivity index (χ0) is 19.0. The second-order valence-electron chi connectivity index (χ2n) is 6.53. The molecule has 2 amide bonds. The summed E-state index contributed by atoms with van der Waals surface area (Å²) in [4.78, 5) is 43.3. The van der Waals surface area contributed by atoms with Gasteiger partial charge in [0.15, 0.2) is 0 Å². The van der Waals surface area contributed by atoms with E-state index < -0.39 is 29.0 Å². The molecule has 0 saturated carbocycles. The summed E-state index contributed by atoms with van der Waals surface area (Å²) >= 11 is 0. The van der Waals surface area contributed by atoms with Crippen LogP contribution in [-0.4, -0.2) is 36.1 Å². The van der Waals surface area contributed by atoms with Crippen LogP contribution in [0.5, 0.6) is 0 Å². The van der Waals surface area contributed by atoms with Gasteiger partial charge in [0.25, 0.3) is 11.8 Å². The number of ether oxygens (including phenoxy) is 1. The van der Waals surface area contributed by atoms with Crippen LogP contribution in [0.1, 0.15) is 39.1 Å². The fourth-order valence-corrected chi connectivity index (χ4v) is 3.54. The molecule has 2 aliphatic rings. The number of rotatable bonds is 3. The highest BCUT2D eigenvalue weighted by Gasteiger charge is 2.47. The third kappa shape index (κ3) is 2.80. The van der Waals surface area contributed by atoms with Gasteiger partial charge in [0.1, 0.15) is 5.82 Å². The third-order valence-electron chi connectivity index (χ3n) is 5.05. The van der Waals surface area contributed by atoms with Crippen LogP contribution >= 0.6 is 0 Å². The van der Waals surface area contributed by atoms with Gasteiger partial charge in [-0.15, -0.1) is 0 Å². The van der Waals surface area contributed by atoms with Crippen LogP contribution in [0.4, 0.5) is 4.39 Å². The second-order valence-corrected chi connectivity index (χ2v) is 6.53. The first-order valence-electron chi connectivity index (χ1n) is 8.57. The Bertz CT molecular complexity index is 900. The quantitative estimate of drug-likeness (QED) is 0.778. The minimum absolute atomic E-state index is 0.182. The number of fused-ring (bicyclic) bond motifs is 1. The molecule has 0 unspecified atom stereocenters. The highest BCUT2D eigenvalue weighted by molar-refractivity contribution is 6.21. The van der Waals surface area contributed by atoms with Gasteiger partial charge in [-0.25, -0.2) is 9.18 Å². The Morgan fingerprint density at radius 1 is 1.00 bits per heavy atom. The molecule has 6 nitrogen and oxygen atoms in total. The minimum Gasteiger partial charge on any atom is -0.381 e. The molecular weight excluding hydrogens is 353 g/mol. The Hall–Kier alpha value is -3.06. The highest BCUT2D eigenvalue weighted by atomic mass is 19.1. The number of carbonyl (C=O) groups is 3. The lowest BCUT2D eigenvalue weighted by atomic mass is 9.74. The van der Waals surface area contributed by atoms with Crippen molar-refractivity contribution in [1.29, 1.82) is 0 Å². The Morgan fingerprint density at radius 3 is 2.22 bits per heavy atom. The van der Waals surface area contributed by atoms with E-state index in [0.29, 0.717) is 10.6 Å². The van der Waals surface area contributed by atoms with E-state index in [1.54, 1.807) is 18.2 Å². The molecule has 2 aromatic rings. The van der Waals surface area contributed by atoms with Gasteiger partial charge in [-0.2, -0.15) is 0 Å². The third-order valence-corrected chi connectivity index (χ3v) is 5.05. The predicted molar refractivity (Wildman–Crippen MR) is 91.2 cm³/mol. The molecule has 27 heavy (non-hydrogen) atoms. The fourth-order valence-electron chi connectivity index (χ4n) is 3.54. The molecule has 2 aromatic carbocycles. The number of halogens is 1. The van der Waals surface area contributed by atoms with Crippen LogP contribution in [0.2, 0.25) is 0 Å². The van der Waals surface area contributed by atoms with Crippen molar-refractivity contribution < 1.29 is 28.3 Å². The van der Waals surface area contributed by atoms with Gasteiger partial charge in [-0.1, -0.05) is 29.3 Å². The van der Waals surface area contributed by atoms with Crippen molar-refractivity contribution >= 4 is 17.8 Å². The number of benzene rings is 2. The average Bonchev–Trinajstić information content (AvgIpc) is 2.94. The van der Waals surface area contributed by atoms with E-state index in [2.05, 4.69) is 0 Å². The van der Waals surface area contributed by atoms with Crippen molar-refractivity contribution in [3.05, 3.63) is 71.0 Å². The Balaban J connectivity index is 1.66. The molecule has 1 fully saturated rings. The van der Waals surface area contributed by atoms with Crippen LogP contribution in [0, 0.1) is 5.82 Å². The summed E-state index contributed by atoms with van der Waals surface area (Å²) in [5.74, 6) is -2.63. The van der Waals surface area contributed by atoms with Crippen LogP contribution in [0.15, 0.2) is 48.5 Å². The summed E-state index contributed by atoms with van der Waals surface area (Å²) in [6.45, 7) is 0.571. The van der Waals surface area contributed by atoms with E-state index in [9.17, 15) is 18.8 Å². The monoisotopic (exact) mass is 369 g/mol. The molecule has 2 heterocycles. The molecule has 0 aromatic heterocycles. The van der Waals surface area contributed by atoms with Crippen molar-refractivity contribution in [3.8, 4) is 0 Å². The zero-order valence-electron chi connectivity index (χ0n) is 14.3. The number of carbonyl (C=O) groups excluding carboxylic acids is 3. The summed E-state index contributed by atoms with van der Waals surface area (Å²) in [5.41, 5.74) is -0.382. The number of hydrogen-bond acceptors (Lipinski definition) is 5. The van der Waals surface area contributed by atoms with Crippen LogP contribution in [0.25, 0.3) is 0 Å². The van der Waals surface area contributed by atoms with E-state index in [-0.39, 0.29) is 37.2 Å².